The van der Waals surface area contributed by atoms with Gasteiger partial charge >= 0.3 is 0 Å². The predicted octanol–water partition coefficient (Wildman–Crippen LogP) is 6.34. The van der Waals surface area contributed by atoms with Crippen LogP contribution in [0.5, 0.6) is 0 Å². The third-order valence-electron chi connectivity index (χ3n) is 7.84. The largest absolute Gasteiger partial charge is 0.390 e. The summed E-state index contributed by atoms with van der Waals surface area (Å²) in [7, 11) is 0. The first kappa shape index (κ1) is 22.2. The third-order valence-corrected chi connectivity index (χ3v) is 7.84. The molecule has 2 N–H and O–H groups in total. The molecule has 0 aromatic heterocycles. The van der Waals surface area contributed by atoms with Crippen LogP contribution in [0, 0.1) is 29.1 Å². The van der Waals surface area contributed by atoms with Gasteiger partial charge in [-0.25, -0.2) is 0 Å². The van der Waals surface area contributed by atoms with Crippen molar-refractivity contribution in [3.05, 3.63) is 0 Å². The van der Waals surface area contributed by atoms with Gasteiger partial charge in [-0.3, -0.25) is 0 Å². The van der Waals surface area contributed by atoms with Crippen molar-refractivity contribution in [3.8, 4) is 0 Å². The summed E-state index contributed by atoms with van der Waals surface area (Å²) in [5.74, 6) is 3.43. The van der Waals surface area contributed by atoms with Gasteiger partial charge in [0.05, 0.1) is 11.2 Å². The van der Waals surface area contributed by atoms with Crippen LogP contribution in [-0.2, 0) is 0 Å². The second-order valence-electron chi connectivity index (χ2n) is 11.3. The molecule has 2 fully saturated rings. The molecule has 26 heavy (non-hydrogen) atoms. The smallest absolute Gasteiger partial charge is 0.0591 e. The number of fused-ring (bicyclic) bond motifs is 1. The molecule has 4 atom stereocenters. The zero-order valence-electron chi connectivity index (χ0n) is 18.5. The zero-order valence-corrected chi connectivity index (χ0v) is 18.5. The van der Waals surface area contributed by atoms with E-state index in [9.17, 15) is 10.2 Å². The van der Waals surface area contributed by atoms with Crippen LogP contribution in [0.3, 0.4) is 0 Å². The van der Waals surface area contributed by atoms with Crippen molar-refractivity contribution in [1.82, 2.24) is 0 Å². The quantitative estimate of drug-likeness (QED) is 0.500. The standard InChI is InChI=1S/C24H46O2/c1-18-10-7-17-24(6)20(18)13-14-21(24)19(11-8-15-22(2,3)25)12-9-16-23(4,5)26/h18-21,25-26H,7-17H2,1-6H3/t18-,20?,21+,24-/m0/s1. The molecule has 0 bridgehead atoms. The fraction of sp³-hybridized carbons (Fsp3) is 1.00. The van der Waals surface area contributed by atoms with Crippen LogP contribution in [0.15, 0.2) is 0 Å². The summed E-state index contributed by atoms with van der Waals surface area (Å²) in [5, 5.41) is 20.2. The van der Waals surface area contributed by atoms with Gasteiger partial charge in [-0.2, -0.15) is 0 Å². The molecule has 2 aliphatic carbocycles. The average Bonchev–Trinajstić information content (AvgIpc) is 2.81. The normalized spacial score (nSPS) is 32.9. The van der Waals surface area contributed by atoms with E-state index < -0.39 is 11.2 Å². The Morgan fingerprint density at radius 3 is 1.96 bits per heavy atom. The summed E-state index contributed by atoms with van der Waals surface area (Å²) in [6, 6.07) is 0. The van der Waals surface area contributed by atoms with Crippen LogP contribution in [0.4, 0.5) is 0 Å². The monoisotopic (exact) mass is 366 g/mol. The van der Waals surface area contributed by atoms with Crippen molar-refractivity contribution < 1.29 is 10.2 Å². The lowest BCUT2D eigenvalue weighted by Crippen LogP contribution is -2.39. The summed E-state index contributed by atoms with van der Waals surface area (Å²) in [6.07, 6.45) is 13.6. The lowest BCUT2D eigenvalue weighted by atomic mass is 9.58. The Morgan fingerprint density at radius 2 is 1.46 bits per heavy atom. The van der Waals surface area contributed by atoms with Crippen LogP contribution >= 0.6 is 0 Å². The Morgan fingerprint density at radius 1 is 0.923 bits per heavy atom. The molecule has 2 aliphatic rings. The van der Waals surface area contributed by atoms with E-state index in [0.717, 1.165) is 49.4 Å². The molecule has 0 saturated heterocycles. The number of hydrogen-bond acceptors (Lipinski definition) is 2. The molecule has 2 saturated carbocycles. The Bertz CT molecular complexity index is 410. The molecule has 0 aromatic rings. The van der Waals surface area contributed by atoms with Gasteiger partial charge in [-0.1, -0.05) is 52.4 Å². The highest BCUT2D eigenvalue weighted by atomic mass is 16.3. The van der Waals surface area contributed by atoms with E-state index in [2.05, 4.69) is 13.8 Å². The topological polar surface area (TPSA) is 40.5 Å². The number of rotatable bonds is 9. The first-order chi connectivity index (χ1) is 11.9. The minimum atomic E-state index is -0.543. The van der Waals surface area contributed by atoms with Gasteiger partial charge in [0.1, 0.15) is 0 Å². The lowest BCUT2D eigenvalue weighted by Gasteiger charge is -2.47. The van der Waals surface area contributed by atoms with Gasteiger partial charge in [-0.05, 0) is 88.9 Å². The van der Waals surface area contributed by atoms with Crippen LogP contribution in [-0.4, -0.2) is 21.4 Å². The molecular weight excluding hydrogens is 320 g/mol. The summed E-state index contributed by atoms with van der Waals surface area (Å²) in [5.41, 5.74) is -0.552. The second kappa shape index (κ2) is 8.52. The van der Waals surface area contributed by atoms with Crippen LogP contribution in [0.25, 0.3) is 0 Å². The van der Waals surface area contributed by atoms with E-state index in [1.54, 1.807) is 0 Å². The van der Waals surface area contributed by atoms with Crippen molar-refractivity contribution in [2.45, 2.75) is 123 Å². The summed E-state index contributed by atoms with van der Waals surface area (Å²) < 4.78 is 0. The van der Waals surface area contributed by atoms with Crippen molar-refractivity contribution in [3.63, 3.8) is 0 Å². The minimum Gasteiger partial charge on any atom is -0.390 e. The second-order valence-corrected chi connectivity index (χ2v) is 11.3. The molecule has 2 nitrogen and oxygen atoms in total. The number of hydrogen-bond donors (Lipinski definition) is 2. The predicted molar refractivity (Wildman–Crippen MR) is 111 cm³/mol. The van der Waals surface area contributed by atoms with E-state index in [0.29, 0.717) is 5.41 Å². The van der Waals surface area contributed by atoms with Crippen LogP contribution in [0.1, 0.15) is 112 Å². The molecule has 2 heteroatoms. The van der Waals surface area contributed by atoms with Crippen LogP contribution in [0.2, 0.25) is 0 Å². The maximum Gasteiger partial charge on any atom is 0.0591 e. The first-order valence-electron chi connectivity index (χ1n) is 11.4. The molecule has 0 spiro atoms. The Labute approximate surface area is 163 Å². The van der Waals surface area contributed by atoms with E-state index in [4.69, 9.17) is 0 Å². The van der Waals surface area contributed by atoms with Crippen molar-refractivity contribution in [1.29, 1.82) is 0 Å². The molecule has 2 rings (SSSR count). The Kier molecular flexibility index (Phi) is 7.27. The van der Waals surface area contributed by atoms with E-state index in [-0.39, 0.29) is 0 Å². The molecule has 0 aromatic carbocycles. The van der Waals surface area contributed by atoms with Gasteiger partial charge in [0.25, 0.3) is 0 Å². The van der Waals surface area contributed by atoms with Crippen molar-refractivity contribution in [2.24, 2.45) is 29.1 Å². The molecule has 154 valence electrons. The highest BCUT2D eigenvalue weighted by Gasteiger charge is 2.51. The fourth-order valence-corrected chi connectivity index (χ4v) is 6.52. The van der Waals surface area contributed by atoms with E-state index in [1.807, 2.05) is 27.7 Å². The van der Waals surface area contributed by atoms with Gasteiger partial charge in [-0.15, -0.1) is 0 Å². The molecule has 0 heterocycles. The molecule has 0 aliphatic heterocycles. The lowest BCUT2D eigenvalue weighted by molar-refractivity contribution is 0.0204. The highest BCUT2D eigenvalue weighted by molar-refractivity contribution is 5.01. The summed E-state index contributed by atoms with van der Waals surface area (Å²) in [4.78, 5) is 0. The van der Waals surface area contributed by atoms with Gasteiger partial charge < -0.3 is 10.2 Å². The Balaban J connectivity index is 2.04. The summed E-state index contributed by atoms with van der Waals surface area (Å²) in [6.45, 7) is 12.8. The first-order valence-corrected chi connectivity index (χ1v) is 11.4. The molecular formula is C24H46O2. The molecule has 1 unspecified atom stereocenters. The van der Waals surface area contributed by atoms with E-state index in [1.165, 1.54) is 44.9 Å². The van der Waals surface area contributed by atoms with Gasteiger partial charge in [0.2, 0.25) is 0 Å². The molecule has 0 radical (unpaired) electrons. The average molecular weight is 367 g/mol. The SMILES string of the molecule is C[C@H]1CCC[C@@]2(C)C1CC[C@@H]2C(CCCC(C)(C)O)CCCC(C)(C)O. The summed E-state index contributed by atoms with van der Waals surface area (Å²) >= 11 is 0. The van der Waals surface area contributed by atoms with Crippen LogP contribution < -0.4 is 0 Å². The maximum absolute atomic E-state index is 10.1. The Hall–Kier alpha value is -0.0800. The van der Waals surface area contributed by atoms with Gasteiger partial charge in [0.15, 0.2) is 0 Å². The zero-order chi connectivity index (χ0) is 19.6. The van der Waals surface area contributed by atoms with Crippen molar-refractivity contribution in [2.75, 3.05) is 0 Å². The fourth-order valence-electron chi connectivity index (χ4n) is 6.52. The van der Waals surface area contributed by atoms with Crippen molar-refractivity contribution >= 4 is 0 Å². The van der Waals surface area contributed by atoms with Gasteiger partial charge in [0, 0.05) is 0 Å². The minimum absolute atomic E-state index is 0.534. The van der Waals surface area contributed by atoms with E-state index >= 15 is 0 Å². The highest BCUT2D eigenvalue weighted by Crippen LogP contribution is 2.60. The maximum atomic E-state index is 10.1. The third kappa shape index (κ3) is 5.96. The molecule has 0 amide bonds. The number of aliphatic hydroxyl groups is 2.